The van der Waals surface area contributed by atoms with E-state index in [1.54, 1.807) is 0 Å². The first-order valence-corrected chi connectivity index (χ1v) is 10.1. The Bertz CT molecular complexity index is 1040. The number of fused-ring (bicyclic) bond motifs is 1. The van der Waals surface area contributed by atoms with Gasteiger partial charge in [0.2, 0.25) is 6.79 Å². The number of anilines is 1. The fraction of sp³-hybridized carbons (Fsp3) is 0.125. The van der Waals surface area contributed by atoms with Crippen LogP contribution in [0.3, 0.4) is 0 Å². The molecule has 0 bridgehead atoms. The van der Waals surface area contributed by atoms with Crippen molar-refractivity contribution in [1.82, 2.24) is 0 Å². The molecule has 0 fully saturated rings. The summed E-state index contributed by atoms with van der Waals surface area (Å²) in [4.78, 5) is 21.4. The van der Waals surface area contributed by atoms with Gasteiger partial charge in [-0.05, 0) is 12.1 Å². The molecule has 0 aliphatic carbocycles. The third kappa shape index (κ3) is 3.87. The second-order valence-corrected chi connectivity index (χ2v) is 8.33. The summed E-state index contributed by atoms with van der Waals surface area (Å²) in [5, 5.41) is 9.06. The Morgan fingerprint density at radius 3 is 2.48 bits per heavy atom. The Kier molecular flexibility index (Phi) is 5.31. The van der Waals surface area contributed by atoms with Gasteiger partial charge in [-0.3, -0.25) is 14.3 Å². The summed E-state index contributed by atoms with van der Waals surface area (Å²) in [6.07, 6.45) is 0. The number of carbonyl (C=O) groups is 2. The molecule has 1 unspecified atom stereocenters. The first-order valence-electron chi connectivity index (χ1n) is 7.33. The second-order valence-electron chi connectivity index (χ2n) is 5.35. The molecule has 0 spiro atoms. The molecular formula is C16H11BrClNO7S. The van der Waals surface area contributed by atoms with Crippen LogP contribution >= 0.6 is 27.5 Å². The van der Waals surface area contributed by atoms with Crippen molar-refractivity contribution < 1.29 is 32.6 Å². The summed E-state index contributed by atoms with van der Waals surface area (Å²) in [5.41, 5.74) is -0.247. The Labute approximate surface area is 167 Å². The number of nitrogens with one attached hydrogen (secondary N) is 1. The molecule has 27 heavy (non-hydrogen) atoms. The van der Waals surface area contributed by atoms with E-state index in [0.29, 0.717) is 11.5 Å². The molecule has 2 aromatic rings. The molecule has 0 aromatic heterocycles. The molecule has 142 valence electrons. The van der Waals surface area contributed by atoms with Gasteiger partial charge in [0.05, 0.1) is 15.6 Å². The lowest BCUT2D eigenvalue weighted by Crippen LogP contribution is -2.26. The standard InChI is InChI=1S/C16H11BrClNO7S/c17-14(16(21)22)15(20)8-3-1-2-4-13(8)27(23,24)19-10-6-12-11(5-9(10)18)25-7-26-12/h1-6,14,19H,7H2,(H,21,22). The van der Waals surface area contributed by atoms with E-state index in [2.05, 4.69) is 20.7 Å². The van der Waals surface area contributed by atoms with Crippen molar-refractivity contribution in [3.63, 3.8) is 0 Å². The summed E-state index contributed by atoms with van der Waals surface area (Å²) >= 11 is 8.82. The first kappa shape index (κ1) is 19.5. The van der Waals surface area contributed by atoms with Crippen molar-refractivity contribution >= 4 is 55.0 Å². The Morgan fingerprint density at radius 1 is 1.19 bits per heavy atom. The van der Waals surface area contributed by atoms with Gasteiger partial charge in [0, 0.05) is 17.7 Å². The molecule has 2 N–H and O–H groups in total. The molecule has 2 aromatic carbocycles. The van der Waals surface area contributed by atoms with Crippen molar-refractivity contribution in [2.24, 2.45) is 0 Å². The zero-order valence-electron chi connectivity index (χ0n) is 13.3. The molecule has 1 atom stereocenters. The SMILES string of the molecule is O=C(O)C(Br)C(=O)c1ccccc1S(=O)(=O)Nc1cc2c(cc1Cl)OCO2. The number of carbonyl (C=O) groups excluding carboxylic acids is 1. The molecule has 1 heterocycles. The van der Waals surface area contributed by atoms with Gasteiger partial charge in [0.1, 0.15) is 0 Å². The number of ether oxygens (including phenoxy) is 2. The molecule has 0 amide bonds. The normalized spacial score (nSPS) is 13.9. The molecule has 0 radical (unpaired) electrons. The number of benzene rings is 2. The minimum Gasteiger partial charge on any atom is -0.480 e. The average Bonchev–Trinajstić information content (AvgIpc) is 3.07. The van der Waals surface area contributed by atoms with Gasteiger partial charge in [-0.25, -0.2) is 8.42 Å². The summed E-state index contributed by atoms with van der Waals surface area (Å²) in [6, 6.07) is 8.03. The largest absolute Gasteiger partial charge is 0.480 e. The van der Waals surface area contributed by atoms with Gasteiger partial charge in [-0.1, -0.05) is 39.7 Å². The van der Waals surface area contributed by atoms with Crippen molar-refractivity contribution in [3.8, 4) is 11.5 Å². The maximum absolute atomic E-state index is 12.8. The van der Waals surface area contributed by atoms with Gasteiger partial charge in [0.25, 0.3) is 10.0 Å². The van der Waals surface area contributed by atoms with Crippen molar-refractivity contribution in [2.45, 2.75) is 9.72 Å². The fourth-order valence-electron chi connectivity index (χ4n) is 2.35. The van der Waals surface area contributed by atoms with Gasteiger partial charge in [0.15, 0.2) is 22.1 Å². The van der Waals surface area contributed by atoms with Crippen LogP contribution in [0.25, 0.3) is 0 Å². The highest BCUT2D eigenvalue weighted by Crippen LogP contribution is 2.40. The maximum Gasteiger partial charge on any atom is 0.325 e. The van der Waals surface area contributed by atoms with Crippen molar-refractivity contribution in [3.05, 3.63) is 47.0 Å². The molecule has 3 rings (SSSR count). The number of halogens is 2. The van der Waals surface area contributed by atoms with E-state index in [9.17, 15) is 18.0 Å². The predicted octanol–water partition coefficient (Wildman–Crippen LogP) is 2.90. The number of carboxylic acid groups (broad SMARTS) is 1. The predicted molar refractivity (Wildman–Crippen MR) is 99.5 cm³/mol. The highest BCUT2D eigenvalue weighted by atomic mass is 79.9. The number of hydrogen-bond acceptors (Lipinski definition) is 6. The molecule has 1 aliphatic rings. The zero-order valence-corrected chi connectivity index (χ0v) is 16.5. The Hall–Kier alpha value is -2.30. The number of Topliss-reactive ketones (excluding diaryl/α,β-unsaturated/α-hetero) is 1. The van der Waals surface area contributed by atoms with Crippen LogP contribution in [0.15, 0.2) is 41.3 Å². The second kappa shape index (κ2) is 7.37. The van der Waals surface area contributed by atoms with E-state index in [4.69, 9.17) is 26.2 Å². The number of alkyl halides is 1. The molecule has 0 saturated heterocycles. The lowest BCUT2D eigenvalue weighted by Gasteiger charge is -2.14. The lowest BCUT2D eigenvalue weighted by atomic mass is 10.1. The van der Waals surface area contributed by atoms with Crippen LogP contribution in [0, 0.1) is 0 Å². The third-order valence-corrected chi connectivity index (χ3v) is 6.14. The average molecular weight is 477 g/mol. The third-order valence-electron chi connectivity index (χ3n) is 3.60. The number of sulfonamides is 1. The smallest absolute Gasteiger partial charge is 0.325 e. The highest BCUT2D eigenvalue weighted by molar-refractivity contribution is 9.10. The van der Waals surface area contributed by atoms with Gasteiger partial charge < -0.3 is 14.6 Å². The van der Waals surface area contributed by atoms with Gasteiger partial charge >= 0.3 is 5.97 Å². The quantitative estimate of drug-likeness (QED) is 0.374. The number of ketones is 1. The lowest BCUT2D eigenvalue weighted by molar-refractivity contribution is -0.135. The maximum atomic E-state index is 12.8. The Morgan fingerprint density at radius 2 is 1.81 bits per heavy atom. The molecular weight excluding hydrogens is 466 g/mol. The first-order chi connectivity index (χ1) is 12.7. The fourth-order valence-corrected chi connectivity index (χ4v) is 4.14. The monoisotopic (exact) mass is 475 g/mol. The summed E-state index contributed by atoms with van der Waals surface area (Å²) in [6.45, 7) is -0.0129. The molecule has 1 aliphatic heterocycles. The minimum absolute atomic E-state index is 0.0129. The highest BCUT2D eigenvalue weighted by Gasteiger charge is 2.30. The topological polar surface area (TPSA) is 119 Å². The number of carboxylic acids is 1. The van der Waals surface area contributed by atoms with Crippen LogP contribution < -0.4 is 14.2 Å². The Balaban J connectivity index is 1.99. The summed E-state index contributed by atoms with van der Waals surface area (Å²) in [5.74, 6) is -1.64. The van der Waals surface area contributed by atoms with Crippen LogP contribution in [0.2, 0.25) is 5.02 Å². The van der Waals surface area contributed by atoms with Crippen LogP contribution in [0.1, 0.15) is 10.4 Å². The summed E-state index contributed by atoms with van der Waals surface area (Å²) in [7, 11) is -4.25. The van der Waals surface area contributed by atoms with Crippen LogP contribution in [-0.4, -0.2) is 36.9 Å². The number of hydrogen-bond donors (Lipinski definition) is 2. The van der Waals surface area contributed by atoms with E-state index >= 15 is 0 Å². The molecule has 11 heteroatoms. The van der Waals surface area contributed by atoms with E-state index in [1.807, 2.05) is 0 Å². The minimum atomic E-state index is -4.25. The van der Waals surface area contributed by atoms with E-state index in [0.717, 1.165) is 0 Å². The van der Waals surface area contributed by atoms with Crippen LogP contribution in [-0.2, 0) is 14.8 Å². The van der Waals surface area contributed by atoms with Crippen LogP contribution in [0.5, 0.6) is 11.5 Å². The zero-order chi connectivity index (χ0) is 19.8. The van der Waals surface area contributed by atoms with Crippen molar-refractivity contribution in [1.29, 1.82) is 0 Å². The summed E-state index contributed by atoms with van der Waals surface area (Å²) < 4.78 is 38.3. The number of rotatable bonds is 6. The number of aliphatic carboxylic acids is 1. The van der Waals surface area contributed by atoms with E-state index in [-0.39, 0.29) is 28.0 Å². The van der Waals surface area contributed by atoms with Crippen LogP contribution in [0.4, 0.5) is 5.69 Å². The van der Waals surface area contributed by atoms with Gasteiger partial charge in [-0.15, -0.1) is 0 Å². The van der Waals surface area contributed by atoms with E-state index in [1.165, 1.54) is 36.4 Å². The molecule has 0 saturated carbocycles. The van der Waals surface area contributed by atoms with Crippen molar-refractivity contribution in [2.75, 3.05) is 11.5 Å². The molecule has 8 nitrogen and oxygen atoms in total. The van der Waals surface area contributed by atoms with E-state index < -0.39 is 26.6 Å². The van der Waals surface area contributed by atoms with Gasteiger partial charge in [-0.2, -0.15) is 0 Å².